The summed E-state index contributed by atoms with van der Waals surface area (Å²) in [4.78, 5) is 0. The summed E-state index contributed by atoms with van der Waals surface area (Å²) in [6, 6.07) is 90.0. The Morgan fingerprint density at radius 1 is 0.379 bits per heavy atom. The number of benzene rings is 10. The Hall–Kier alpha value is -8.04. The Labute approximate surface area is 388 Å². The van der Waals surface area contributed by atoms with E-state index in [1.165, 1.54) is 120 Å². The lowest BCUT2D eigenvalue weighted by Crippen LogP contribution is -2.06. The zero-order valence-electron chi connectivity index (χ0n) is 36.2. The van der Waals surface area contributed by atoms with Gasteiger partial charge in [-0.1, -0.05) is 188 Å². The molecule has 2 aromatic heterocycles. The van der Waals surface area contributed by atoms with Crippen molar-refractivity contribution in [2.75, 3.05) is 0 Å². The Bertz CT molecular complexity index is 3780. The van der Waals surface area contributed by atoms with E-state index in [-0.39, 0.29) is 5.92 Å². The van der Waals surface area contributed by atoms with Gasteiger partial charge in [0.1, 0.15) is 0 Å². The van der Waals surface area contributed by atoms with Crippen molar-refractivity contribution in [1.82, 2.24) is 4.57 Å². The van der Waals surface area contributed by atoms with Crippen molar-refractivity contribution in [2.24, 2.45) is 0 Å². The highest BCUT2D eigenvalue weighted by atomic mass is 32.1. The third-order valence-electron chi connectivity index (χ3n) is 13.8. The van der Waals surface area contributed by atoms with Crippen molar-refractivity contribution in [1.29, 1.82) is 0 Å². The lowest BCUT2D eigenvalue weighted by atomic mass is 9.82. The summed E-state index contributed by atoms with van der Waals surface area (Å²) in [6.45, 7) is 0. The van der Waals surface area contributed by atoms with E-state index in [2.05, 4.69) is 247 Å². The van der Waals surface area contributed by atoms with Crippen LogP contribution >= 0.6 is 11.3 Å². The van der Waals surface area contributed by atoms with E-state index in [1.54, 1.807) is 0 Å². The van der Waals surface area contributed by atoms with Crippen LogP contribution in [-0.2, 0) is 6.42 Å². The monoisotopic (exact) mass is 857 g/mol. The number of thiophene rings is 1. The van der Waals surface area contributed by atoms with Gasteiger partial charge in [-0.3, -0.25) is 0 Å². The maximum atomic E-state index is 2.52. The average molecular weight is 858 g/mol. The maximum absolute atomic E-state index is 2.52. The van der Waals surface area contributed by atoms with E-state index >= 15 is 0 Å². The van der Waals surface area contributed by atoms with Gasteiger partial charge in [-0.05, 0) is 133 Å². The van der Waals surface area contributed by atoms with Crippen LogP contribution in [0.15, 0.2) is 243 Å². The van der Waals surface area contributed by atoms with Crippen molar-refractivity contribution in [3.8, 4) is 27.9 Å². The fourth-order valence-corrected chi connectivity index (χ4v) is 11.8. The number of fused-ring (bicyclic) bond motifs is 9. The molecule has 1 atom stereocenters. The van der Waals surface area contributed by atoms with E-state index in [9.17, 15) is 0 Å². The third-order valence-corrected chi connectivity index (χ3v) is 14.9. The van der Waals surface area contributed by atoms with Crippen LogP contribution in [0.3, 0.4) is 0 Å². The van der Waals surface area contributed by atoms with E-state index in [4.69, 9.17) is 0 Å². The van der Waals surface area contributed by atoms with Gasteiger partial charge in [0.15, 0.2) is 0 Å². The number of hydrogen-bond acceptors (Lipinski definition) is 1. The molecule has 12 aromatic rings. The number of rotatable bonds is 8. The molecular weight excluding hydrogens is 815 g/mol. The van der Waals surface area contributed by atoms with Gasteiger partial charge in [0, 0.05) is 42.6 Å². The summed E-state index contributed by atoms with van der Waals surface area (Å²) in [5.74, 6) is 0.117. The molecule has 1 aliphatic rings. The molecule has 0 saturated carbocycles. The number of nitrogens with zero attached hydrogens (tertiary/aromatic N) is 1. The Morgan fingerprint density at radius 2 is 0.955 bits per heavy atom. The predicted octanol–water partition coefficient (Wildman–Crippen LogP) is 17.2. The second kappa shape index (κ2) is 15.9. The summed E-state index contributed by atoms with van der Waals surface area (Å²) in [5, 5.41) is 5.20. The summed E-state index contributed by atoms with van der Waals surface area (Å²) in [5.41, 5.74) is 20.2. The number of aromatic nitrogens is 1. The second-order valence-electron chi connectivity index (χ2n) is 17.6. The molecule has 1 unspecified atom stereocenters. The molecule has 0 bridgehead atoms. The first kappa shape index (κ1) is 38.4. The highest BCUT2D eigenvalue weighted by Crippen LogP contribution is 2.50. The molecule has 1 aliphatic carbocycles. The van der Waals surface area contributed by atoms with Gasteiger partial charge in [-0.15, -0.1) is 11.3 Å². The molecule has 0 spiro atoms. The largest absolute Gasteiger partial charge is 0.309 e. The standard InChI is InChI=1S/C64H43NS/c1-4-16-44(17-5-1)63(45-18-6-2-7-19-45)64-54-25-11-10-22-50(54)51-35-32-47(41-58(51)64)55(48-34-37-62-57(40-48)53-24-13-15-27-61(53)66-62)38-42-28-30-43(31-29-42)46-33-36-60-56(39-46)52-23-12-14-26-59(52)65(60)49-20-8-3-9-21-49/h1-37,39-41,55H,38H2. The van der Waals surface area contributed by atoms with E-state index in [0.29, 0.717) is 0 Å². The first-order valence-electron chi connectivity index (χ1n) is 22.9. The Kier molecular flexibility index (Phi) is 9.25. The molecule has 2 heterocycles. The Balaban J connectivity index is 0.941. The molecule has 0 N–H and O–H groups in total. The second-order valence-corrected chi connectivity index (χ2v) is 18.6. The highest BCUT2D eigenvalue weighted by molar-refractivity contribution is 7.25. The van der Waals surface area contributed by atoms with E-state index in [0.717, 1.165) is 6.42 Å². The highest BCUT2D eigenvalue weighted by Gasteiger charge is 2.29. The first-order valence-corrected chi connectivity index (χ1v) is 23.7. The quantitative estimate of drug-likeness (QED) is 0.143. The van der Waals surface area contributed by atoms with Crippen LogP contribution in [0.4, 0.5) is 0 Å². The zero-order valence-corrected chi connectivity index (χ0v) is 37.1. The third kappa shape index (κ3) is 6.44. The van der Waals surface area contributed by atoms with Crippen LogP contribution in [0.5, 0.6) is 0 Å². The van der Waals surface area contributed by atoms with Gasteiger partial charge in [-0.25, -0.2) is 0 Å². The van der Waals surface area contributed by atoms with Gasteiger partial charge in [0.2, 0.25) is 0 Å². The zero-order chi connectivity index (χ0) is 43.6. The van der Waals surface area contributed by atoms with Gasteiger partial charge in [-0.2, -0.15) is 0 Å². The molecule has 2 heteroatoms. The smallest absolute Gasteiger partial charge is 0.0541 e. The van der Waals surface area contributed by atoms with Crippen LogP contribution in [0.25, 0.3) is 81.1 Å². The fourth-order valence-electron chi connectivity index (χ4n) is 10.7. The topological polar surface area (TPSA) is 4.93 Å². The van der Waals surface area contributed by atoms with Crippen molar-refractivity contribution < 1.29 is 0 Å². The molecule has 1 nitrogen and oxygen atoms in total. The van der Waals surface area contributed by atoms with Crippen molar-refractivity contribution in [2.45, 2.75) is 12.3 Å². The minimum Gasteiger partial charge on any atom is -0.309 e. The van der Waals surface area contributed by atoms with Gasteiger partial charge >= 0.3 is 0 Å². The summed E-state index contributed by atoms with van der Waals surface area (Å²) in [6.07, 6.45) is 0.868. The maximum Gasteiger partial charge on any atom is 0.0541 e. The predicted molar refractivity (Wildman–Crippen MR) is 281 cm³/mol. The SMILES string of the molecule is c1ccc(C(=C2c3ccccc3-c3ccc(C(Cc4ccc(-c5ccc6c(c5)c5ccccc5n6-c5ccccc5)cc4)c4ccc5sc6ccccc6c5c4)cc32)c2ccccc2)cc1. The van der Waals surface area contributed by atoms with E-state index in [1.807, 2.05) is 11.3 Å². The van der Waals surface area contributed by atoms with Gasteiger partial charge in [0.05, 0.1) is 11.0 Å². The lowest BCUT2D eigenvalue weighted by molar-refractivity contribution is 0.806. The van der Waals surface area contributed by atoms with Crippen molar-refractivity contribution in [3.63, 3.8) is 0 Å². The molecule has 13 rings (SSSR count). The minimum atomic E-state index is 0.117. The first-order chi connectivity index (χ1) is 32.7. The van der Waals surface area contributed by atoms with Crippen molar-refractivity contribution >= 4 is 64.5 Å². The van der Waals surface area contributed by atoms with Crippen LogP contribution in [0.2, 0.25) is 0 Å². The minimum absolute atomic E-state index is 0.117. The number of hydrogen-bond donors (Lipinski definition) is 0. The lowest BCUT2D eigenvalue weighted by Gasteiger charge is -2.21. The summed E-state index contributed by atoms with van der Waals surface area (Å²) in [7, 11) is 0. The average Bonchev–Trinajstić information content (AvgIpc) is 4.04. The van der Waals surface area contributed by atoms with Gasteiger partial charge < -0.3 is 4.57 Å². The molecule has 10 aromatic carbocycles. The van der Waals surface area contributed by atoms with Crippen LogP contribution < -0.4 is 0 Å². The molecule has 0 saturated heterocycles. The molecule has 0 radical (unpaired) electrons. The summed E-state index contributed by atoms with van der Waals surface area (Å²) >= 11 is 1.88. The molecule has 0 amide bonds. The van der Waals surface area contributed by atoms with Crippen molar-refractivity contribution in [3.05, 3.63) is 282 Å². The molecule has 0 aliphatic heterocycles. The molecule has 0 fully saturated rings. The van der Waals surface area contributed by atoms with E-state index < -0.39 is 0 Å². The molecule has 66 heavy (non-hydrogen) atoms. The Morgan fingerprint density at radius 3 is 1.73 bits per heavy atom. The van der Waals surface area contributed by atoms with Gasteiger partial charge in [0.25, 0.3) is 0 Å². The van der Waals surface area contributed by atoms with Crippen LogP contribution in [0.1, 0.15) is 44.9 Å². The molecular formula is C64H43NS. The number of para-hydroxylation sites is 2. The summed E-state index contributed by atoms with van der Waals surface area (Å²) < 4.78 is 5.05. The van der Waals surface area contributed by atoms with Crippen LogP contribution in [-0.4, -0.2) is 4.57 Å². The fraction of sp³-hybridized carbons (Fsp3) is 0.0312. The molecule has 310 valence electrons. The normalized spacial score (nSPS) is 12.5. The van der Waals surface area contributed by atoms with Crippen LogP contribution in [0, 0.1) is 0 Å².